The highest BCUT2D eigenvalue weighted by molar-refractivity contribution is 9.10. The summed E-state index contributed by atoms with van der Waals surface area (Å²) in [5.74, 6) is -0.261. The molecule has 0 aliphatic rings. The van der Waals surface area contributed by atoms with E-state index in [1.165, 1.54) is 0 Å². The average molecular weight is 375 g/mol. The maximum atomic E-state index is 12.2. The first-order valence-corrected chi connectivity index (χ1v) is 8.26. The summed E-state index contributed by atoms with van der Waals surface area (Å²) in [6.45, 7) is 3.85. The number of hydrogen-bond acceptors (Lipinski definition) is 2. The fourth-order valence-corrected chi connectivity index (χ4v) is 2.19. The standard InChI is InChI=1S/C18H19BrN2O2/c1-3-12(2)17(22)20-15-5-4-6-16(11-15)21-18(23)13-7-9-14(19)10-8-13/h4-12H,3H2,1-2H3,(H,20,22)(H,21,23). The van der Waals surface area contributed by atoms with E-state index in [0.29, 0.717) is 16.9 Å². The number of amides is 2. The fourth-order valence-electron chi connectivity index (χ4n) is 1.93. The molecule has 4 nitrogen and oxygen atoms in total. The summed E-state index contributed by atoms with van der Waals surface area (Å²) < 4.78 is 0.920. The van der Waals surface area contributed by atoms with Gasteiger partial charge in [0.05, 0.1) is 0 Å². The molecule has 2 amide bonds. The quantitative estimate of drug-likeness (QED) is 0.797. The van der Waals surface area contributed by atoms with Crippen LogP contribution in [0.2, 0.25) is 0 Å². The molecule has 1 unspecified atom stereocenters. The van der Waals surface area contributed by atoms with Crippen LogP contribution >= 0.6 is 15.9 Å². The molecule has 120 valence electrons. The normalized spacial score (nSPS) is 11.6. The van der Waals surface area contributed by atoms with E-state index in [4.69, 9.17) is 0 Å². The van der Waals surface area contributed by atoms with Gasteiger partial charge in [-0.05, 0) is 48.9 Å². The minimum Gasteiger partial charge on any atom is -0.326 e. The average Bonchev–Trinajstić information content (AvgIpc) is 2.54. The topological polar surface area (TPSA) is 58.2 Å². The van der Waals surface area contributed by atoms with E-state index in [1.54, 1.807) is 36.4 Å². The van der Waals surface area contributed by atoms with Crippen molar-refractivity contribution in [2.45, 2.75) is 20.3 Å². The Balaban J connectivity index is 2.06. The second-order valence-corrected chi connectivity index (χ2v) is 6.26. The van der Waals surface area contributed by atoms with Gasteiger partial charge in [-0.25, -0.2) is 0 Å². The number of halogens is 1. The molecule has 23 heavy (non-hydrogen) atoms. The number of carbonyl (C=O) groups excluding carboxylic acids is 2. The van der Waals surface area contributed by atoms with Crippen molar-refractivity contribution in [2.24, 2.45) is 5.92 Å². The monoisotopic (exact) mass is 374 g/mol. The molecule has 2 rings (SSSR count). The summed E-state index contributed by atoms with van der Waals surface area (Å²) in [7, 11) is 0. The first-order valence-electron chi connectivity index (χ1n) is 7.47. The van der Waals surface area contributed by atoms with Crippen LogP contribution < -0.4 is 10.6 Å². The molecular weight excluding hydrogens is 356 g/mol. The number of hydrogen-bond donors (Lipinski definition) is 2. The number of nitrogens with one attached hydrogen (secondary N) is 2. The fraction of sp³-hybridized carbons (Fsp3) is 0.222. The minimum absolute atomic E-state index is 0.0242. The molecule has 0 fully saturated rings. The SMILES string of the molecule is CCC(C)C(=O)Nc1cccc(NC(=O)c2ccc(Br)cc2)c1. The van der Waals surface area contributed by atoms with Crippen LogP contribution in [-0.4, -0.2) is 11.8 Å². The van der Waals surface area contributed by atoms with Crippen LogP contribution in [0.25, 0.3) is 0 Å². The van der Waals surface area contributed by atoms with E-state index < -0.39 is 0 Å². The molecule has 0 saturated heterocycles. The molecule has 0 spiro atoms. The van der Waals surface area contributed by atoms with Gasteiger partial charge in [0.2, 0.25) is 5.91 Å². The van der Waals surface area contributed by atoms with Crippen molar-refractivity contribution in [1.29, 1.82) is 0 Å². The largest absolute Gasteiger partial charge is 0.326 e. The van der Waals surface area contributed by atoms with Gasteiger partial charge in [0, 0.05) is 27.3 Å². The molecule has 5 heteroatoms. The summed E-state index contributed by atoms with van der Waals surface area (Å²) in [5, 5.41) is 5.69. The molecule has 0 heterocycles. The lowest BCUT2D eigenvalue weighted by atomic mass is 10.1. The van der Waals surface area contributed by atoms with Gasteiger partial charge in [0.1, 0.15) is 0 Å². The van der Waals surface area contributed by atoms with Crippen molar-refractivity contribution in [2.75, 3.05) is 10.6 Å². The zero-order chi connectivity index (χ0) is 16.8. The van der Waals surface area contributed by atoms with Crippen LogP contribution in [0.1, 0.15) is 30.6 Å². The van der Waals surface area contributed by atoms with Gasteiger partial charge in [-0.1, -0.05) is 35.8 Å². The van der Waals surface area contributed by atoms with E-state index in [9.17, 15) is 9.59 Å². The van der Waals surface area contributed by atoms with Gasteiger partial charge in [-0.3, -0.25) is 9.59 Å². The zero-order valence-electron chi connectivity index (χ0n) is 13.1. The lowest BCUT2D eigenvalue weighted by Gasteiger charge is -2.11. The van der Waals surface area contributed by atoms with Gasteiger partial charge >= 0.3 is 0 Å². The van der Waals surface area contributed by atoms with Crippen LogP contribution in [0.15, 0.2) is 53.0 Å². The van der Waals surface area contributed by atoms with Gasteiger partial charge in [-0.15, -0.1) is 0 Å². The lowest BCUT2D eigenvalue weighted by molar-refractivity contribution is -0.119. The van der Waals surface area contributed by atoms with Crippen LogP contribution in [0.5, 0.6) is 0 Å². The highest BCUT2D eigenvalue weighted by atomic mass is 79.9. The Hall–Kier alpha value is -2.14. The highest BCUT2D eigenvalue weighted by Crippen LogP contribution is 2.18. The van der Waals surface area contributed by atoms with E-state index in [-0.39, 0.29) is 17.7 Å². The maximum absolute atomic E-state index is 12.2. The van der Waals surface area contributed by atoms with Crippen molar-refractivity contribution in [3.63, 3.8) is 0 Å². The Bertz CT molecular complexity index is 698. The Labute approximate surface area is 144 Å². The molecule has 0 aliphatic heterocycles. The molecule has 0 saturated carbocycles. The number of anilines is 2. The second-order valence-electron chi connectivity index (χ2n) is 5.34. The number of rotatable bonds is 5. The van der Waals surface area contributed by atoms with Crippen molar-refractivity contribution < 1.29 is 9.59 Å². The predicted octanol–water partition coefficient (Wildman–Crippen LogP) is 4.69. The molecule has 0 aliphatic carbocycles. The first-order chi connectivity index (χ1) is 11.0. The van der Waals surface area contributed by atoms with Crippen LogP contribution in [-0.2, 0) is 4.79 Å². The van der Waals surface area contributed by atoms with Crippen molar-refractivity contribution in [1.82, 2.24) is 0 Å². The molecular formula is C18H19BrN2O2. The van der Waals surface area contributed by atoms with Crippen LogP contribution in [0.3, 0.4) is 0 Å². The molecule has 0 radical (unpaired) electrons. The van der Waals surface area contributed by atoms with Crippen molar-refractivity contribution >= 4 is 39.1 Å². The first kappa shape index (κ1) is 17.2. The Morgan fingerprint density at radius 1 is 1.04 bits per heavy atom. The zero-order valence-corrected chi connectivity index (χ0v) is 14.7. The van der Waals surface area contributed by atoms with E-state index >= 15 is 0 Å². The van der Waals surface area contributed by atoms with E-state index in [0.717, 1.165) is 10.9 Å². The van der Waals surface area contributed by atoms with E-state index in [1.807, 2.05) is 26.0 Å². The predicted molar refractivity (Wildman–Crippen MR) is 96.6 cm³/mol. The Morgan fingerprint density at radius 2 is 1.65 bits per heavy atom. The lowest BCUT2D eigenvalue weighted by Crippen LogP contribution is -2.19. The van der Waals surface area contributed by atoms with Crippen molar-refractivity contribution in [3.05, 3.63) is 58.6 Å². The maximum Gasteiger partial charge on any atom is 0.255 e. The molecule has 0 aromatic heterocycles. The highest BCUT2D eigenvalue weighted by Gasteiger charge is 2.11. The summed E-state index contributed by atoms with van der Waals surface area (Å²) in [4.78, 5) is 24.1. The van der Waals surface area contributed by atoms with Gasteiger partial charge in [-0.2, -0.15) is 0 Å². The Kier molecular flexibility index (Phi) is 5.93. The van der Waals surface area contributed by atoms with Crippen LogP contribution in [0, 0.1) is 5.92 Å². The third-order valence-electron chi connectivity index (χ3n) is 3.55. The van der Waals surface area contributed by atoms with Gasteiger partial charge in [0.25, 0.3) is 5.91 Å². The molecule has 2 aromatic rings. The number of carbonyl (C=O) groups is 2. The smallest absolute Gasteiger partial charge is 0.255 e. The minimum atomic E-state index is -0.192. The third-order valence-corrected chi connectivity index (χ3v) is 4.08. The molecule has 0 bridgehead atoms. The summed E-state index contributed by atoms with van der Waals surface area (Å²) in [6.07, 6.45) is 0.784. The molecule has 2 N–H and O–H groups in total. The summed E-state index contributed by atoms with van der Waals surface area (Å²) in [6, 6.07) is 14.3. The summed E-state index contributed by atoms with van der Waals surface area (Å²) in [5.41, 5.74) is 1.88. The van der Waals surface area contributed by atoms with Crippen molar-refractivity contribution in [3.8, 4) is 0 Å². The Morgan fingerprint density at radius 3 is 2.26 bits per heavy atom. The molecule has 1 atom stereocenters. The third kappa shape index (κ3) is 4.93. The van der Waals surface area contributed by atoms with Crippen LogP contribution in [0.4, 0.5) is 11.4 Å². The summed E-state index contributed by atoms with van der Waals surface area (Å²) >= 11 is 3.34. The molecule has 2 aromatic carbocycles. The van der Waals surface area contributed by atoms with Gasteiger partial charge in [0.15, 0.2) is 0 Å². The van der Waals surface area contributed by atoms with E-state index in [2.05, 4.69) is 26.6 Å². The van der Waals surface area contributed by atoms with Gasteiger partial charge < -0.3 is 10.6 Å². The second kappa shape index (κ2) is 7.92. The number of benzene rings is 2.